The molecular weight excluding hydrogens is 382 g/mol. The molecule has 6 nitrogen and oxygen atoms in total. The number of amides is 1. The van der Waals surface area contributed by atoms with Crippen molar-refractivity contribution < 1.29 is 9.69 Å². The van der Waals surface area contributed by atoms with Crippen molar-refractivity contribution in [3.05, 3.63) is 46.7 Å². The van der Waals surface area contributed by atoms with Gasteiger partial charge in [0.2, 0.25) is 5.95 Å². The Morgan fingerprint density at radius 3 is 2.60 bits per heavy atom. The smallest absolute Gasteiger partial charge is 0.282 e. The van der Waals surface area contributed by atoms with Gasteiger partial charge in [-0.1, -0.05) is 6.07 Å². The third kappa shape index (κ3) is 4.35. The molecule has 0 bridgehead atoms. The third-order valence-corrected chi connectivity index (χ3v) is 5.28. The number of carbonyl (C=O) groups is 1. The van der Waals surface area contributed by atoms with Crippen molar-refractivity contribution in [1.82, 2.24) is 9.97 Å². The van der Waals surface area contributed by atoms with Crippen LogP contribution in [-0.2, 0) is 4.79 Å². The summed E-state index contributed by atoms with van der Waals surface area (Å²) >= 11 is 3.51. The van der Waals surface area contributed by atoms with Crippen LogP contribution in [0.1, 0.15) is 12.5 Å². The lowest BCUT2D eigenvalue weighted by Gasteiger charge is -2.34. The van der Waals surface area contributed by atoms with Gasteiger partial charge in [-0.15, -0.1) is 0 Å². The zero-order valence-corrected chi connectivity index (χ0v) is 16.1. The Labute approximate surface area is 156 Å². The SMILES string of the molecule is Cc1ccc(NC(=O)[C@@H](C)[NH+]2CCN(c3ncccn3)CC2)c(Br)c1. The van der Waals surface area contributed by atoms with Crippen LogP contribution in [0.2, 0.25) is 0 Å². The van der Waals surface area contributed by atoms with Crippen molar-refractivity contribution in [1.29, 1.82) is 0 Å². The summed E-state index contributed by atoms with van der Waals surface area (Å²) in [4.78, 5) is 24.7. The van der Waals surface area contributed by atoms with E-state index in [9.17, 15) is 4.79 Å². The summed E-state index contributed by atoms with van der Waals surface area (Å²) in [5.41, 5.74) is 1.97. The molecule has 1 atom stereocenters. The highest BCUT2D eigenvalue weighted by atomic mass is 79.9. The molecule has 2 heterocycles. The molecule has 1 saturated heterocycles. The van der Waals surface area contributed by atoms with E-state index in [4.69, 9.17) is 0 Å². The number of nitrogens with one attached hydrogen (secondary N) is 2. The van der Waals surface area contributed by atoms with E-state index in [1.54, 1.807) is 12.4 Å². The Balaban J connectivity index is 1.56. The Morgan fingerprint density at radius 2 is 1.96 bits per heavy atom. The van der Waals surface area contributed by atoms with E-state index in [1.165, 1.54) is 4.90 Å². The molecule has 7 heteroatoms. The normalized spacial score (nSPS) is 16.5. The Kier molecular flexibility index (Phi) is 5.65. The van der Waals surface area contributed by atoms with E-state index in [2.05, 4.69) is 36.1 Å². The molecule has 0 spiro atoms. The monoisotopic (exact) mass is 404 g/mol. The van der Waals surface area contributed by atoms with Crippen molar-refractivity contribution in [2.24, 2.45) is 0 Å². The van der Waals surface area contributed by atoms with Crippen molar-refractivity contribution in [3.8, 4) is 0 Å². The van der Waals surface area contributed by atoms with Crippen LogP contribution >= 0.6 is 15.9 Å². The summed E-state index contributed by atoms with van der Waals surface area (Å²) in [5, 5.41) is 3.03. The highest BCUT2D eigenvalue weighted by Gasteiger charge is 2.30. The molecule has 3 rings (SSSR count). The van der Waals surface area contributed by atoms with Crippen molar-refractivity contribution in [3.63, 3.8) is 0 Å². The fourth-order valence-corrected chi connectivity index (χ4v) is 3.62. The number of benzene rings is 1. The van der Waals surface area contributed by atoms with Crippen LogP contribution in [0, 0.1) is 6.92 Å². The van der Waals surface area contributed by atoms with Crippen LogP contribution < -0.4 is 15.1 Å². The number of rotatable bonds is 4. The molecule has 0 radical (unpaired) electrons. The average Bonchev–Trinajstić information content (AvgIpc) is 2.64. The van der Waals surface area contributed by atoms with Gasteiger partial charge in [0, 0.05) is 16.9 Å². The van der Waals surface area contributed by atoms with E-state index >= 15 is 0 Å². The van der Waals surface area contributed by atoms with Crippen LogP contribution in [0.5, 0.6) is 0 Å². The molecule has 1 aromatic carbocycles. The first-order valence-electron chi connectivity index (χ1n) is 8.48. The lowest BCUT2D eigenvalue weighted by atomic mass is 10.2. The first-order valence-corrected chi connectivity index (χ1v) is 9.27. The standard InChI is InChI=1S/C18H22BrN5O/c1-13-4-5-16(15(19)12-13)22-17(25)14(2)23-8-10-24(11-9-23)18-20-6-3-7-21-18/h3-7,12,14H,8-11H2,1-2H3,(H,22,25)/p+1/t14-/m1/s1. The van der Waals surface area contributed by atoms with E-state index in [1.807, 2.05) is 38.1 Å². The maximum atomic E-state index is 12.6. The first-order chi connectivity index (χ1) is 12.0. The van der Waals surface area contributed by atoms with Gasteiger partial charge in [-0.05, 0) is 53.5 Å². The van der Waals surface area contributed by atoms with Gasteiger partial charge in [-0.25, -0.2) is 9.97 Å². The second-order valence-corrected chi connectivity index (χ2v) is 7.24. The predicted molar refractivity (Wildman–Crippen MR) is 102 cm³/mol. The zero-order valence-electron chi connectivity index (χ0n) is 14.5. The number of halogens is 1. The molecule has 25 heavy (non-hydrogen) atoms. The maximum absolute atomic E-state index is 12.6. The molecule has 1 fully saturated rings. The Bertz CT molecular complexity index is 732. The van der Waals surface area contributed by atoms with Gasteiger partial charge in [0.15, 0.2) is 6.04 Å². The van der Waals surface area contributed by atoms with Crippen LogP contribution in [0.4, 0.5) is 11.6 Å². The Hall–Kier alpha value is -1.99. The first kappa shape index (κ1) is 17.8. The van der Waals surface area contributed by atoms with Crippen molar-refractivity contribution in [2.45, 2.75) is 19.9 Å². The van der Waals surface area contributed by atoms with Crippen LogP contribution in [-0.4, -0.2) is 48.1 Å². The summed E-state index contributed by atoms with van der Waals surface area (Å²) in [6.07, 6.45) is 3.52. The lowest BCUT2D eigenvalue weighted by molar-refractivity contribution is -0.914. The summed E-state index contributed by atoms with van der Waals surface area (Å²) in [7, 11) is 0. The second kappa shape index (κ2) is 7.93. The average molecular weight is 405 g/mol. The molecular formula is C18H23BrN5O+. The number of anilines is 2. The van der Waals surface area contributed by atoms with Gasteiger partial charge in [0.25, 0.3) is 5.91 Å². The highest BCUT2D eigenvalue weighted by molar-refractivity contribution is 9.10. The summed E-state index contributed by atoms with van der Waals surface area (Å²) in [6.45, 7) is 7.50. The van der Waals surface area contributed by atoms with Crippen molar-refractivity contribution >= 4 is 33.5 Å². The van der Waals surface area contributed by atoms with Gasteiger partial charge in [-0.2, -0.15) is 0 Å². The molecule has 0 unspecified atom stereocenters. The quantitative estimate of drug-likeness (QED) is 0.805. The number of hydrogen-bond donors (Lipinski definition) is 2. The number of aryl methyl sites for hydroxylation is 1. The topological polar surface area (TPSA) is 62.6 Å². The second-order valence-electron chi connectivity index (χ2n) is 6.39. The maximum Gasteiger partial charge on any atom is 0.282 e. The number of carbonyl (C=O) groups excluding carboxylic acids is 1. The van der Waals surface area contributed by atoms with Gasteiger partial charge < -0.3 is 15.1 Å². The Morgan fingerprint density at radius 1 is 1.28 bits per heavy atom. The molecule has 2 aromatic rings. The van der Waals surface area contributed by atoms with Gasteiger partial charge in [0.05, 0.1) is 31.9 Å². The van der Waals surface area contributed by atoms with E-state index in [0.29, 0.717) is 0 Å². The summed E-state index contributed by atoms with van der Waals surface area (Å²) in [6, 6.07) is 7.65. The molecule has 0 saturated carbocycles. The number of piperazine rings is 1. The van der Waals surface area contributed by atoms with Crippen LogP contribution in [0.3, 0.4) is 0 Å². The fourth-order valence-electron chi connectivity index (χ4n) is 3.03. The number of aromatic nitrogens is 2. The largest absolute Gasteiger partial charge is 0.330 e. The van der Waals surface area contributed by atoms with E-state index in [-0.39, 0.29) is 11.9 Å². The predicted octanol–water partition coefficient (Wildman–Crippen LogP) is 1.28. The van der Waals surface area contributed by atoms with Gasteiger partial charge >= 0.3 is 0 Å². The molecule has 1 amide bonds. The third-order valence-electron chi connectivity index (χ3n) is 4.63. The minimum absolute atomic E-state index is 0.0453. The molecule has 1 aliphatic heterocycles. The zero-order chi connectivity index (χ0) is 17.8. The van der Waals surface area contributed by atoms with Crippen molar-refractivity contribution in [2.75, 3.05) is 36.4 Å². The van der Waals surface area contributed by atoms with Gasteiger partial charge in [-0.3, -0.25) is 4.79 Å². The molecule has 1 aromatic heterocycles. The minimum atomic E-state index is -0.105. The molecule has 2 N–H and O–H groups in total. The van der Waals surface area contributed by atoms with Crippen LogP contribution in [0.15, 0.2) is 41.1 Å². The molecule has 0 aliphatic carbocycles. The molecule has 1 aliphatic rings. The van der Waals surface area contributed by atoms with E-state index in [0.717, 1.165) is 47.9 Å². The number of quaternary nitrogens is 1. The number of hydrogen-bond acceptors (Lipinski definition) is 4. The summed E-state index contributed by atoms with van der Waals surface area (Å²) < 4.78 is 0.911. The fraction of sp³-hybridized carbons (Fsp3) is 0.389. The van der Waals surface area contributed by atoms with Crippen LogP contribution in [0.25, 0.3) is 0 Å². The summed E-state index contributed by atoms with van der Waals surface area (Å²) in [5.74, 6) is 0.811. The van der Waals surface area contributed by atoms with Gasteiger partial charge in [0.1, 0.15) is 0 Å². The number of nitrogens with zero attached hydrogens (tertiary/aromatic N) is 3. The van der Waals surface area contributed by atoms with E-state index < -0.39 is 0 Å². The highest BCUT2D eigenvalue weighted by Crippen LogP contribution is 2.23. The lowest BCUT2D eigenvalue weighted by Crippen LogP contribution is -3.19. The minimum Gasteiger partial charge on any atom is -0.330 e. The molecule has 132 valence electrons.